The molecule has 0 aliphatic carbocycles. The lowest BCUT2D eigenvalue weighted by Gasteiger charge is -2.29. The maximum absolute atomic E-state index is 12.6. The van der Waals surface area contributed by atoms with Crippen molar-refractivity contribution in [2.24, 2.45) is 0 Å². The molecule has 4 rings (SSSR count). The SMILES string of the molecule is Cc1cccc(-c2ccc(C(=O)NCc3cccnc3N3CCOCC3)c(=O)[nH]2)c1. The molecule has 3 aromatic rings. The summed E-state index contributed by atoms with van der Waals surface area (Å²) in [5.41, 5.74) is 3.27. The van der Waals surface area contributed by atoms with Crippen LogP contribution in [0.1, 0.15) is 21.5 Å². The number of anilines is 1. The monoisotopic (exact) mass is 404 g/mol. The van der Waals surface area contributed by atoms with Gasteiger partial charge in [-0.1, -0.05) is 29.8 Å². The summed E-state index contributed by atoms with van der Waals surface area (Å²) in [6, 6.07) is 14.9. The molecule has 7 nitrogen and oxygen atoms in total. The molecule has 2 N–H and O–H groups in total. The number of aryl methyl sites for hydroxylation is 1. The van der Waals surface area contributed by atoms with Crippen molar-refractivity contribution in [2.75, 3.05) is 31.2 Å². The highest BCUT2D eigenvalue weighted by molar-refractivity contribution is 5.94. The number of aromatic nitrogens is 2. The maximum atomic E-state index is 12.6. The van der Waals surface area contributed by atoms with Crippen molar-refractivity contribution in [1.82, 2.24) is 15.3 Å². The Hall–Kier alpha value is -3.45. The molecule has 0 radical (unpaired) electrons. The van der Waals surface area contributed by atoms with E-state index in [0.29, 0.717) is 25.5 Å². The molecule has 1 amide bonds. The van der Waals surface area contributed by atoms with Crippen LogP contribution < -0.4 is 15.8 Å². The van der Waals surface area contributed by atoms with Crippen LogP contribution in [0.4, 0.5) is 5.82 Å². The number of pyridine rings is 2. The number of benzene rings is 1. The predicted molar refractivity (Wildman–Crippen MR) is 116 cm³/mol. The zero-order valence-corrected chi connectivity index (χ0v) is 16.9. The number of hydrogen-bond donors (Lipinski definition) is 2. The third-order valence-corrected chi connectivity index (χ3v) is 5.10. The molecule has 1 fully saturated rings. The van der Waals surface area contributed by atoms with Crippen LogP contribution in [0, 0.1) is 6.92 Å². The van der Waals surface area contributed by atoms with Crippen molar-refractivity contribution in [2.45, 2.75) is 13.5 Å². The number of H-pyrrole nitrogens is 1. The average molecular weight is 404 g/mol. The van der Waals surface area contributed by atoms with Crippen molar-refractivity contribution in [3.63, 3.8) is 0 Å². The van der Waals surface area contributed by atoms with Crippen molar-refractivity contribution < 1.29 is 9.53 Å². The van der Waals surface area contributed by atoms with Crippen LogP contribution in [0.5, 0.6) is 0 Å². The number of nitrogens with one attached hydrogen (secondary N) is 2. The summed E-state index contributed by atoms with van der Waals surface area (Å²) in [5, 5.41) is 2.85. The topological polar surface area (TPSA) is 87.3 Å². The van der Waals surface area contributed by atoms with Crippen molar-refractivity contribution in [3.05, 3.63) is 81.8 Å². The summed E-state index contributed by atoms with van der Waals surface area (Å²) >= 11 is 0. The first-order valence-electron chi connectivity index (χ1n) is 9.97. The first-order valence-corrected chi connectivity index (χ1v) is 9.97. The quantitative estimate of drug-likeness (QED) is 0.682. The second kappa shape index (κ2) is 8.92. The largest absolute Gasteiger partial charge is 0.378 e. The van der Waals surface area contributed by atoms with Gasteiger partial charge in [0.1, 0.15) is 11.4 Å². The highest BCUT2D eigenvalue weighted by Gasteiger charge is 2.17. The van der Waals surface area contributed by atoms with Crippen LogP contribution in [0.3, 0.4) is 0 Å². The van der Waals surface area contributed by atoms with Crippen molar-refractivity contribution in [3.8, 4) is 11.3 Å². The summed E-state index contributed by atoms with van der Waals surface area (Å²) in [6.45, 7) is 5.12. The highest BCUT2D eigenvalue weighted by Crippen LogP contribution is 2.19. The van der Waals surface area contributed by atoms with E-state index in [2.05, 4.69) is 20.2 Å². The van der Waals surface area contributed by atoms with Crippen LogP contribution in [-0.2, 0) is 11.3 Å². The van der Waals surface area contributed by atoms with E-state index in [1.54, 1.807) is 18.3 Å². The molecule has 7 heteroatoms. The Morgan fingerprint density at radius 2 is 2.00 bits per heavy atom. The van der Waals surface area contributed by atoms with Gasteiger partial charge in [0, 0.05) is 37.1 Å². The van der Waals surface area contributed by atoms with Gasteiger partial charge in [0.25, 0.3) is 11.5 Å². The average Bonchev–Trinajstić information content (AvgIpc) is 2.78. The van der Waals surface area contributed by atoms with Gasteiger partial charge in [-0.3, -0.25) is 9.59 Å². The van der Waals surface area contributed by atoms with Crippen LogP contribution in [-0.4, -0.2) is 42.2 Å². The van der Waals surface area contributed by atoms with Gasteiger partial charge in [0.15, 0.2) is 0 Å². The summed E-state index contributed by atoms with van der Waals surface area (Å²) in [4.78, 5) is 34.6. The Labute approximate surface area is 174 Å². The van der Waals surface area contributed by atoms with E-state index in [0.717, 1.165) is 35.6 Å². The van der Waals surface area contributed by atoms with Gasteiger partial charge >= 0.3 is 0 Å². The Balaban J connectivity index is 1.48. The molecule has 3 heterocycles. The van der Waals surface area contributed by atoms with Crippen LogP contribution in [0.25, 0.3) is 11.3 Å². The zero-order valence-electron chi connectivity index (χ0n) is 16.9. The molecule has 0 atom stereocenters. The Bertz CT molecular complexity index is 1100. The first kappa shape index (κ1) is 19.8. The fraction of sp³-hybridized carbons (Fsp3) is 0.261. The lowest BCUT2D eigenvalue weighted by molar-refractivity contribution is 0.0949. The zero-order chi connectivity index (χ0) is 20.9. The Kier molecular flexibility index (Phi) is 5.90. The third-order valence-electron chi connectivity index (χ3n) is 5.10. The van der Waals surface area contributed by atoms with Gasteiger partial charge < -0.3 is 19.9 Å². The first-order chi connectivity index (χ1) is 14.6. The van der Waals surface area contributed by atoms with E-state index >= 15 is 0 Å². The van der Waals surface area contributed by atoms with E-state index in [-0.39, 0.29) is 5.56 Å². The molecular formula is C23H24N4O3. The second-order valence-electron chi connectivity index (χ2n) is 7.25. The Morgan fingerprint density at radius 1 is 1.17 bits per heavy atom. The third kappa shape index (κ3) is 4.41. The van der Waals surface area contributed by atoms with Gasteiger partial charge in [0.05, 0.1) is 13.2 Å². The molecule has 1 saturated heterocycles. The molecule has 1 aliphatic heterocycles. The Morgan fingerprint density at radius 3 is 2.77 bits per heavy atom. The number of carbonyl (C=O) groups is 1. The smallest absolute Gasteiger partial charge is 0.261 e. The van der Waals surface area contributed by atoms with Gasteiger partial charge in [-0.2, -0.15) is 0 Å². The van der Waals surface area contributed by atoms with E-state index in [1.165, 1.54) is 0 Å². The van der Waals surface area contributed by atoms with E-state index < -0.39 is 11.5 Å². The fourth-order valence-corrected chi connectivity index (χ4v) is 3.53. The summed E-state index contributed by atoms with van der Waals surface area (Å²) in [7, 11) is 0. The lowest BCUT2D eigenvalue weighted by Crippen LogP contribution is -2.38. The summed E-state index contributed by atoms with van der Waals surface area (Å²) in [6.07, 6.45) is 1.74. The number of nitrogens with zero attached hydrogens (tertiary/aromatic N) is 2. The molecule has 0 spiro atoms. The van der Waals surface area contributed by atoms with E-state index in [4.69, 9.17) is 4.74 Å². The highest BCUT2D eigenvalue weighted by atomic mass is 16.5. The predicted octanol–water partition coefficient (Wildman–Crippen LogP) is 2.51. The van der Waals surface area contributed by atoms with Gasteiger partial charge in [0.2, 0.25) is 0 Å². The molecule has 1 aromatic carbocycles. The molecule has 0 unspecified atom stereocenters. The minimum absolute atomic E-state index is 0.0863. The van der Waals surface area contributed by atoms with Gasteiger partial charge in [-0.25, -0.2) is 4.98 Å². The molecule has 0 saturated carbocycles. The minimum Gasteiger partial charge on any atom is -0.378 e. The maximum Gasteiger partial charge on any atom is 0.261 e. The number of aromatic amines is 1. The van der Waals surface area contributed by atoms with Crippen molar-refractivity contribution in [1.29, 1.82) is 0 Å². The van der Waals surface area contributed by atoms with Crippen LogP contribution >= 0.6 is 0 Å². The molecule has 2 aromatic heterocycles. The molecule has 1 aliphatic rings. The number of rotatable bonds is 5. The number of carbonyl (C=O) groups excluding carboxylic acids is 1. The molecule has 30 heavy (non-hydrogen) atoms. The molecule has 154 valence electrons. The van der Waals surface area contributed by atoms with Gasteiger partial charge in [-0.05, 0) is 36.8 Å². The lowest BCUT2D eigenvalue weighted by atomic mass is 10.1. The van der Waals surface area contributed by atoms with Crippen LogP contribution in [0.15, 0.2) is 59.5 Å². The number of hydrogen-bond acceptors (Lipinski definition) is 5. The minimum atomic E-state index is -0.413. The molecule has 0 bridgehead atoms. The number of morpholine rings is 1. The van der Waals surface area contributed by atoms with E-state index in [9.17, 15) is 9.59 Å². The van der Waals surface area contributed by atoms with Gasteiger partial charge in [-0.15, -0.1) is 0 Å². The molecular weight excluding hydrogens is 380 g/mol. The van der Waals surface area contributed by atoms with E-state index in [1.807, 2.05) is 43.3 Å². The number of amides is 1. The fourth-order valence-electron chi connectivity index (χ4n) is 3.53. The standard InChI is InChI=1S/C23H24N4O3/c1-16-4-2-5-17(14-16)20-8-7-19(23(29)26-20)22(28)25-15-18-6-3-9-24-21(18)27-10-12-30-13-11-27/h2-9,14H,10-13,15H2,1H3,(H,25,28)(H,26,29). The van der Waals surface area contributed by atoms with Crippen LogP contribution in [0.2, 0.25) is 0 Å². The second-order valence-corrected chi connectivity index (χ2v) is 7.25. The number of ether oxygens (including phenoxy) is 1. The van der Waals surface area contributed by atoms with Crippen molar-refractivity contribution >= 4 is 11.7 Å². The normalized spacial score (nSPS) is 13.8. The summed E-state index contributed by atoms with van der Waals surface area (Å²) < 4.78 is 5.40. The summed E-state index contributed by atoms with van der Waals surface area (Å²) in [5.74, 6) is 0.425.